The number of fused-ring (bicyclic) bond motifs is 1. The van der Waals surface area contributed by atoms with E-state index in [1.54, 1.807) is 0 Å². The first kappa shape index (κ1) is 12.3. The van der Waals surface area contributed by atoms with Crippen LogP contribution in [0, 0.1) is 0 Å². The fourth-order valence-electron chi connectivity index (χ4n) is 2.66. The summed E-state index contributed by atoms with van der Waals surface area (Å²) < 4.78 is 5.41. The lowest BCUT2D eigenvalue weighted by molar-refractivity contribution is 0.122. The van der Waals surface area contributed by atoms with E-state index in [-0.39, 0.29) is 0 Å². The summed E-state index contributed by atoms with van der Waals surface area (Å²) in [6.07, 6.45) is 1.83. The van der Waals surface area contributed by atoms with E-state index in [4.69, 9.17) is 9.72 Å². The molecular formula is C16H16N4O. The van der Waals surface area contributed by atoms with Crippen molar-refractivity contribution in [1.29, 1.82) is 0 Å². The maximum atomic E-state index is 5.41. The number of hydrogen-bond acceptors (Lipinski definition) is 4. The Kier molecular flexibility index (Phi) is 3.05. The van der Waals surface area contributed by atoms with E-state index >= 15 is 0 Å². The van der Waals surface area contributed by atoms with Gasteiger partial charge in [0.2, 0.25) is 0 Å². The lowest BCUT2D eigenvalue weighted by Crippen LogP contribution is -2.36. The van der Waals surface area contributed by atoms with Gasteiger partial charge in [-0.15, -0.1) is 0 Å². The van der Waals surface area contributed by atoms with Gasteiger partial charge in [0.15, 0.2) is 5.82 Å². The SMILES string of the molecule is c1ccc(-c2nc3c(N4CCOCC4)nccc3[nH]2)cc1. The Bertz CT molecular complexity index is 747. The lowest BCUT2D eigenvalue weighted by atomic mass is 10.2. The normalized spacial score (nSPS) is 15.5. The quantitative estimate of drug-likeness (QED) is 0.783. The molecule has 1 fully saturated rings. The molecule has 0 spiro atoms. The molecule has 1 N–H and O–H groups in total. The molecule has 0 amide bonds. The minimum atomic E-state index is 0.744. The number of rotatable bonds is 2. The van der Waals surface area contributed by atoms with Crippen molar-refractivity contribution in [2.24, 2.45) is 0 Å². The van der Waals surface area contributed by atoms with Gasteiger partial charge >= 0.3 is 0 Å². The number of aromatic nitrogens is 3. The van der Waals surface area contributed by atoms with Crippen molar-refractivity contribution in [3.05, 3.63) is 42.6 Å². The highest BCUT2D eigenvalue weighted by atomic mass is 16.5. The third-order valence-corrected chi connectivity index (χ3v) is 3.74. The van der Waals surface area contributed by atoms with E-state index in [2.05, 4.69) is 27.0 Å². The van der Waals surface area contributed by atoms with Crippen molar-refractivity contribution >= 4 is 16.9 Å². The Morgan fingerprint density at radius 3 is 2.67 bits per heavy atom. The number of imidazole rings is 1. The molecule has 2 aromatic heterocycles. The molecule has 106 valence electrons. The third kappa shape index (κ3) is 2.25. The zero-order valence-electron chi connectivity index (χ0n) is 11.6. The molecular weight excluding hydrogens is 264 g/mol. The molecule has 3 heterocycles. The lowest BCUT2D eigenvalue weighted by Gasteiger charge is -2.27. The Morgan fingerprint density at radius 1 is 1.05 bits per heavy atom. The molecule has 21 heavy (non-hydrogen) atoms. The minimum Gasteiger partial charge on any atom is -0.378 e. The highest BCUT2D eigenvalue weighted by molar-refractivity contribution is 5.88. The summed E-state index contributed by atoms with van der Waals surface area (Å²) in [5.41, 5.74) is 3.03. The molecule has 0 atom stereocenters. The van der Waals surface area contributed by atoms with Crippen molar-refractivity contribution in [1.82, 2.24) is 15.0 Å². The summed E-state index contributed by atoms with van der Waals surface area (Å²) in [4.78, 5) is 14.9. The highest BCUT2D eigenvalue weighted by Gasteiger charge is 2.17. The van der Waals surface area contributed by atoms with Crippen molar-refractivity contribution in [2.75, 3.05) is 31.2 Å². The largest absolute Gasteiger partial charge is 0.378 e. The number of hydrogen-bond donors (Lipinski definition) is 1. The predicted molar refractivity (Wildman–Crippen MR) is 82.4 cm³/mol. The van der Waals surface area contributed by atoms with Crippen molar-refractivity contribution in [2.45, 2.75) is 0 Å². The highest BCUT2D eigenvalue weighted by Crippen LogP contribution is 2.26. The third-order valence-electron chi connectivity index (χ3n) is 3.74. The number of morpholine rings is 1. The van der Waals surface area contributed by atoms with Crippen LogP contribution in [-0.2, 0) is 4.74 Å². The molecule has 0 saturated carbocycles. The molecule has 1 aliphatic rings. The number of pyridine rings is 1. The Balaban J connectivity index is 1.80. The van der Waals surface area contributed by atoms with Crippen LogP contribution in [0.4, 0.5) is 5.82 Å². The summed E-state index contributed by atoms with van der Waals surface area (Å²) in [5, 5.41) is 0. The van der Waals surface area contributed by atoms with Crippen molar-refractivity contribution in [3.8, 4) is 11.4 Å². The second kappa shape index (κ2) is 5.18. The first-order valence-corrected chi connectivity index (χ1v) is 7.15. The summed E-state index contributed by atoms with van der Waals surface area (Å²) in [5.74, 6) is 1.82. The first-order valence-electron chi connectivity index (χ1n) is 7.15. The van der Waals surface area contributed by atoms with E-state index in [0.717, 1.165) is 54.5 Å². The fourth-order valence-corrected chi connectivity index (χ4v) is 2.66. The average molecular weight is 280 g/mol. The zero-order chi connectivity index (χ0) is 14.1. The molecule has 1 aromatic carbocycles. The maximum Gasteiger partial charge on any atom is 0.156 e. The molecule has 0 bridgehead atoms. The van der Waals surface area contributed by atoms with Gasteiger partial charge in [0, 0.05) is 24.8 Å². The number of benzene rings is 1. The van der Waals surface area contributed by atoms with Gasteiger partial charge in [0.25, 0.3) is 0 Å². The van der Waals surface area contributed by atoms with Crippen LogP contribution in [0.5, 0.6) is 0 Å². The maximum absolute atomic E-state index is 5.41. The Hall–Kier alpha value is -2.40. The Morgan fingerprint density at radius 2 is 1.86 bits per heavy atom. The molecule has 0 unspecified atom stereocenters. The summed E-state index contributed by atoms with van der Waals surface area (Å²) in [6.45, 7) is 3.21. The van der Waals surface area contributed by atoms with Crippen molar-refractivity contribution < 1.29 is 4.74 Å². The second-order valence-electron chi connectivity index (χ2n) is 5.08. The van der Waals surface area contributed by atoms with Crippen LogP contribution in [0.3, 0.4) is 0 Å². The second-order valence-corrected chi connectivity index (χ2v) is 5.08. The van der Waals surface area contributed by atoms with Crippen LogP contribution in [0.2, 0.25) is 0 Å². The van der Waals surface area contributed by atoms with Crippen LogP contribution in [0.15, 0.2) is 42.6 Å². The van der Waals surface area contributed by atoms with Crippen LogP contribution >= 0.6 is 0 Å². The molecule has 1 saturated heterocycles. The first-order chi connectivity index (χ1) is 10.4. The van der Waals surface area contributed by atoms with Crippen LogP contribution in [-0.4, -0.2) is 41.3 Å². The topological polar surface area (TPSA) is 54.0 Å². The van der Waals surface area contributed by atoms with E-state index < -0.39 is 0 Å². The molecule has 0 aliphatic carbocycles. The molecule has 0 radical (unpaired) electrons. The van der Waals surface area contributed by atoms with E-state index in [0.29, 0.717) is 0 Å². The number of aromatic amines is 1. The fraction of sp³-hybridized carbons (Fsp3) is 0.250. The van der Waals surface area contributed by atoms with Gasteiger partial charge in [0.05, 0.1) is 18.7 Å². The molecule has 4 rings (SSSR count). The molecule has 5 nitrogen and oxygen atoms in total. The van der Waals surface area contributed by atoms with Crippen LogP contribution in [0.1, 0.15) is 0 Å². The average Bonchev–Trinajstić information content (AvgIpc) is 3.00. The molecule has 1 aliphatic heterocycles. The molecule has 3 aromatic rings. The van der Waals surface area contributed by atoms with Gasteiger partial charge < -0.3 is 14.6 Å². The Labute approximate surface area is 122 Å². The number of nitrogens with zero attached hydrogens (tertiary/aromatic N) is 3. The predicted octanol–water partition coefficient (Wildman–Crippen LogP) is 2.46. The van der Waals surface area contributed by atoms with Gasteiger partial charge in [-0.3, -0.25) is 0 Å². The van der Waals surface area contributed by atoms with E-state index in [1.165, 1.54) is 0 Å². The smallest absolute Gasteiger partial charge is 0.156 e. The van der Waals surface area contributed by atoms with Gasteiger partial charge in [-0.1, -0.05) is 30.3 Å². The summed E-state index contributed by atoms with van der Waals surface area (Å²) in [6, 6.07) is 12.1. The standard InChI is InChI=1S/C16H16N4O/c1-2-4-12(5-3-1)15-18-13-6-7-17-16(14(13)19-15)20-8-10-21-11-9-20/h1-7H,8-11H2,(H,18,19). The van der Waals surface area contributed by atoms with Gasteiger partial charge in [0.1, 0.15) is 11.3 Å². The minimum absolute atomic E-state index is 0.744. The summed E-state index contributed by atoms with van der Waals surface area (Å²) >= 11 is 0. The van der Waals surface area contributed by atoms with E-state index in [9.17, 15) is 0 Å². The van der Waals surface area contributed by atoms with Crippen molar-refractivity contribution in [3.63, 3.8) is 0 Å². The number of H-pyrrole nitrogens is 1. The van der Waals surface area contributed by atoms with Crippen LogP contribution < -0.4 is 4.90 Å². The van der Waals surface area contributed by atoms with Crippen LogP contribution in [0.25, 0.3) is 22.4 Å². The van der Waals surface area contributed by atoms with Gasteiger partial charge in [-0.2, -0.15) is 0 Å². The molecule has 5 heteroatoms. The van der Waals surface area contributed by atoms with Gasteiger partial charge in [-0.25, -0.2) is 9.97 Å². The zero-order valence-corrected chi connectivity index (χ0v) is 11.6. The number of anilines is 1. The summed E-state index contributed by atoms with van der Waals surface area (Å²) in [7, 11) is 0. The number of nitrogens with one attached hydrogen (secondary N) is 1. The number of ether oxygens (including phenoxy) is 1. The monoisotopic (exact) mass is 280 g/mol. The van der Waals surface area contributed by atoms with E-state index in [1.807, 2.05) is 30.5 Å². The van der Waals surface area contributed by atoms with Gasteiger partial charge in [-0.05, 0) is 6.07 Å².